The summed E-state index contributed by atoms with van der Waals surface area (Å²) in [6.07, 6.45) is 3.65. The number of hydrogen-bond acceptors (Lipinski definition) is 0. The maximum absolute atomic E-state index is 13.4. The molecule has 0 radical (unpaired) electrons. The van der Waals surface area contributed by atoms with Gasteiger partial charge in [-0.2, -0.15) is 0 Å². The minimum atomic E-state index is -0.767. The van der Waals surface area contributed by atoms with Gasteiger partial charge in [-0.25, -0.2) is 8.78 Å². The van der Waals surface area contributed by atoms with Crippen LogP contribution in [0.1, 0.15) is 24.8 Å². The quantitative estimate of drug-likeness (QED) is 0.676. The molecule has 0 aromatic heterocycles. The van der Waals surface area contributed by atoms with E-state index in [1.165, 1.54) is 0 Å². The van der Waals surface area contributed by atoms with Gasteiger partial charge in [0.05, 0.1) is 0 Å². The molecule has 0 spiro atoms. The van der Waals surface area contributed by atoms with Crippen molar-refractivity contribution in [2.45, 2.75) is 31.1 Å². The summed E-state index contributed by atoms with van der Waals surface area (Å²) in [6, 6.07) is 4.33. The van der Waals surface area contributed by atoms with Crippen LogP contribution < -0.4 is 0 Å². The molecule has 0 bridgehead atoms. The van der Waals surface area contributed by atoms with Crippen molar-refractivity contribution in [2.24, 2.45) is 5.92 Å². The lowest BCUT2D eigenvalue weighted by Crippen LogP contribution is -2.11. The van der Waals surface area contributed by atoms with Crippen molar-refractivity contribution in [3.63, 3.8) is 0 Å². The molecule has 1 aromatic rings. The Balaban J connectivity index is 2.13. The molecule has 15 heavy (non-hydrogen) atoms. The minimum Gasteiger partial charge on any atom is -0.204 e. The summed E-state index contributed by atoms with van der Waals surface area (Å²) in [6.45, 7) is 0. The smallest absolute Gasteiger partial charge is 0.162 e. The highest BCUT2D eigenvalue weighted by molar-refractivity contribution is 6.20. The maximum atomic E-state index is 13.4. The second-order valence-corrected chi connectivity index (χ2v) is 4.68. The largest absolute Gasteiger partial charge is 0.204 e. The van der Waals surface area contributed by atoms with Crippen molar-refractivity contribution in [1.82, 2.24) is 0 Å². The van der Waals surface area contributed by atoms with Crippen LogP contribution in [-0.4, -0.2) is 5.38 Å². The first-order valence-corrected chi connectivity index (χ1v) is 5.69. The van der Waals surface area contributed by atoms with Crippen LogP contribution in [0.5, 0.6) is 0 Å². The van der Waals surface area contributed by atoms with E-state index in [-0.39, 0.29) is 5.38 Å². The average molecular weight is 231 g/mol. The number of halogens is 3. The Bertz CT molecular complexity index is 351. The zero-order chi connectivity index (χ0) is 10.8. The van der Waals surface area contributed by atoms with Crippen molar-refractivity contribution in [1.29, 1.82) is 0 Å². The monoisotopic (exact) mass is 230 g/mol. The lowest BCUT2D eigenvalue weighted by molar-refractivity contribution is 0.478. The lowest BCUT2D eigenvalue weighted by Gasteiger charge is -2.13. The molecule has 1 aliphatic carbocycles. The van der Waals surface area contributed by atoms with E-state index in [4.69, 9.17) is 11.6 Å². The Morgan fingerprint density at radius 1 is 1.27 bits per heavy atom. The molecular formula is C12H13ClF2. The van der Waals surface area contributed by atoms with Crippen molar-refractivity contribution < 1.29 is 8.78 Å². The Morgan fingerprint density at radius 2 is 2.07 bits per heavy atom. The van der Waals surface area contributed by atoms with Crippen molar-refractivity contribution >= 4 is 11.6 Å². The van der Waals surface area contributed by atoms with E-state index in [2.05, 4.69) is 0 Å². The van der Waals surface area contributed by atoms with E-state index in [1.807, 2.05) is 0 Å². The van der Waals surface area contributed by atoms with Gasteiger partial charge in [-0.15, -0.1) is 11.6 Å². The van der Waals surface area contributed by atoms with Crippen LogP contribution >= 0.6 is 11.6 Å². The van der Waals surface area contributed by atoms with E-state index in [0.717, 1.165) is 25.3 Å². The van der Waals surface area contributed by atoms with Gasteiger partial charge in [-0.1, -0.05) is 18.6 Å². The minimum absolute atomic E-state index is 0.118. The molecule has 0 aliphatic heterocycles. The molecule has 2 unspecified atom stereocenters. The molecule has 1 aliphatic rings. The van der Waals surface area contributed by atoms with Gasteiger partial charge in [0.1, 0.15) is 0 Å². The normalized spacial score (nSPS) is 25.8. The number of rotatable bonds is 2. The average Bonchev–Trinajstić information content (AvgIpc) is 2.60. The van der Waals surface area contributed by atoms with Crippen LogP contribution in [-0.2, 0) is 6.42 Å². The Labute approximate surface area is 93.2 Å². The maximum Gasteiger partial charge on any atom is 0.162 e. The van der Waals surface area contributed by atoms with E-state index < -0.39 is 11.6 Å². The molecule has 1 fully saturated rings. The molecule has 1 aromatic carbocycles. The Hall–Kier alpha value is -0.630. The summed E-state index contributed by atoms with van der Waals surface area (Å²) < 4.78 is 26.3. The zero-order valence-electron chi connectivity index (χ0n) is 8.35. The third-order valence-corrected chi connectivity index (χ3v) is 3.65. The molecule has 0 heterocycles. The molecule has 0 amide bonds. The first-order valence-electron chi connectivity index (χ1n) is 5.25. The van der Waals surface area contributed by atoms with Crippen LogP contribution in [0.4, 0.5) is 8.78 Å². The fraction of sp³-hybridized carbons (Fsp3) is 0.500. The first-order chi connectivity index (χ1) is 7.18. The van der Waals surface area contributed by atoms with Gasteiger partial charge in [0.2, 0.25) is 0 Å². The molecule has 0 nitrogen and oxygen atoms in total. The predicted octanol–water partition coefficient (Wildman–Crippen LogP) is 3.91. The van der Waals surface area contributed by atoms with Gasteiger partial charge in [0, 0.05) is 5.38 Å². The third kappa shape index (κ3) is 2.31. The molecule has 2 rings (SSSR count). The fourth-order valence-electron chi connectivity index (χ4n) is 2.21. The molecule has 3 heteroatoms. The molecule has 1 saturated carbocycles. The van der Waals surface area contributed by atoms with Gasteiger partial charge < -0.3 is 0 Å². The SMILES string of the molecule is Fc1cccc(CC2CCCC2Cl)c1F. The third-order valence-electron chi connectivity index (χ3n) is 3.08. The van der Waals surface area contributed by atoms with Crippen molar-refractivity contribution in [3.05, 3.63) is 35.4 Å². The van der Waals surface area contributed by atoms with Gasteiger partial charge >= 0.3 is 0 Å². The van der Waals surface area contributed by atoms with Gasteiger partial charge in [0.15, 0.2) is 11.6 Å². The summed E-state index contributed by atoms with van der Waals surface area (Å²) in [4.78, 5) is 0. The fourth-order valence-corrected chi connectivity index (χ4v) is 2.58. The van der Waals surface area contributed by atoms with Gasteiger partial charge in [-0.3, -0.25) is 0 Å². The summed E-state index contributed by atoms with van der Waals surface area (Å²) in [5.41, 5.74) is 0.451. The van der Waals surface area contributed by atoms with Crippen LogP contribution in [0.25, 0.3) is 0 Å². The number of alkyl halides is 1. The highest BCUT2D eigenvalue weighted by Crippen LogP contribution is 2.33. The Morgan fingerprint density at radius 3 is 2.73 bits per heavy atom. The molecular weight excluding hydrogens is 218 g/mol. The standard InChI is InChI=1S/C12H13ClF2/c13-10-5-1-3-8(10)7-9-4-2-6-11(14)12(9)15/h2,4,6,8,10H,1,3,5,7H2. The summed E-state index contributed by atoms with van der Waals surface area (Å²) in [5.74, 6) is -1.19. The zero-order valence-corrected chi connectivity index (χ0v) is 9.11. The second-order valence-electron chi connectivity index (χ2n) is 4.12. The number of hydrogen-bond donors (Lipinski definition) is 0. The van der Waals surface area contributed by atoms with Crippen LogP contribution in [0, 0.1) is 17.6 Å². The van der Waals surface area contributed by atoms with Crippen molar-refractivity contribution in [3.8, 4) is 0 Å². The first kappa shape index (κ1) is 10.9. The highest BCUT2D eigenvalue weighted by atomic mass is 35.5. The molecule has 0 N–H and O–H groups in total. The lowest BCUT2D eigenvalue weighted by atomic mass is 9.97. The van der Waals surface area contributed by atoms with E-state index in [1.54, 1.807) is 12.1 Å². The molecule has 82 valence electrons. The molecule has 0 saturated heterocycles. The van der Waals surface area contributed by atoms with Gasteiger partial charge in [0.25, 0.3) is 0 Å². The highest BCUT2D eigenvalue weighted by Gasteiger charge is 2.26. The van der Waals surface area contributed by atoms with Crippen LogP contribution in [0.3, 0.4) is 0 Å². The summed E-state index contributed by atoms with van der Waals surface area (Å²) >= 11 is 6.10. The van der Waals surface area contributed by atoms with Crippen LogP contribution in [0.15, 0.2) is 18.2 Å². The number of benzene rings is 1. The van der Waals surface area contributed by atoms with Crippen molar-refractivity contribution in [2.75, 3.05) is 0 Å². The second kappa shape index (κ2) is 4.48. The Kier molecular flexibility index (Phi) is 3.25. The summed E-state index contributed by atoms with van der Waals surface area (Å²) in [5, 5.41) is 0.118. The van der Waals surface area contributed by atoms with Gasteiger partial charge in [-0.05, 0) is 36.8 Å². The predicted molar refractivity (Wildman–Crippen MR) is 57.0 cm³/mol. The topological polar surface area (TPSA) is 0 Å². The van der Waals surface area contributed by atoms with E-state index in [0.29, 0.717) is 17.9 Å². The summed E-state index contributed by atoms with van der Waals surface area (Å²) in [7, 11) is 0. The van der Waals surface area contributed by atoms with E-state index >= 15 is 0 Å². The van der Waals surface area contributed by atoms with Crippen LogP contribution in [0.2, 0.25) is 0 Å². The van der Waals surface area contributed by atoms with E-state index in [9.17, 15) is 8.78 Å². The molecule has 2 atom stereocenters.